The van der Waals surface area contributed by atoms with Gasteiger partial charge in [-0.15, -0.1) is 40.6 Å². The van der Waals surface area contributed by atoms with Crippen LogP contribution in [0.1, 0.15) is 41.5 Å². The van der Waals surface area contributed by atoms with Crippen molar-refractivity contribution < 1.29 is 80.9 Å². The third-order valence-corrected chi connectivity index (χ3v) is 15.0. The molecule has 0 saturated carbocycles. The van der Waals surface area contributed by atoms with Crippen LogP contribution in [0.4, 0.5) is 5.69 Å². The molecular formula is C40H44N8O17S8. The van der Waals surface area contributed by atoms with Crippen LogP contribution in [-0.2, 0) is 75.6 Å². The molecule has 0 bridgehead atoms. The van der Waals surface area contributed by atoms with Gasteiger partial charge in [0.15, 0.2) is 5.69 Å². The lowest BCUT2D eigenvalue weighted by Crippen LogP contribution is -3.07. The van der Waals surface area contributed by atoms with Crippen molar-refractivity contribution in [3.63, 3.8) is 0 Å². The Balaban J connectivity index is 0.000000294. The van der Waals surface area contributed by atoms with Gasteiger partial charge in [0, 0.05) is 38.6 Å². The highest BCUT2D eigenvalue weighted by Crippen LogP contribution is 2.30. The van der Waals surface area contributed by atoms with Gasteiger partial charge in [0.05, 0.1) is 51.9 Å². The summed E-state index contributed by atoms with van der Waals surface area (Å²) >= 11 is 5.89. The van der Waals surface area contributed by atoms with Crippen molar-refractivity contribution in [3.8, 4) is 0 Å². The van der Waals surface area contributed by atoms with E-state index in [0.29, 0.717) is 22.7 Å². The minimum atomic E-state index is -4.24. The number of thioether (sulfide) groups is 1. The van der Waals surface area contributed by atoms with Gasteiger partial charge in [-0.25, -0.2) is 9.69 Å². The number of amidine groups is 1. The number of aliphatic carboxylic acids is 1. The van der Waals surface area contributed by atoms with Gasteiger partial charge in [-0.1, -0.05) is 63.4 Å². The first-order chi connectivity index (χ1) is 34.3. The molecule has 33 heteroatoms. The van der Waals surface area contributed by atoms with Crippen molar-refractivity contribution in [1.29, 1.82) is 0 Å². The van der Waals surface area contributed by atoms with Crippen molar-refractivity contribution in [2.45, 2.75) is 75.9 Å². The predicted molar refractivity (Wildman–Crippen MR) is 268 cm³/mol. The molecular weight excluding hydrogens is 1120 g/mol. The maximum Gasteiger partial charge on any atom is 0.425 e. The number of hydrogen-bond acceptors (Lipinski definition) is 23. The van der Waals surface area contributed by atoms with E-state index in [0.717, 1.165) is 67.6 Å². The molecule has 73 heavy (non-hydrogen) atoms. The van der Waals surface area contributed by atoms with Crippen LogP contribution in [0.3, 0.4) is 0 Å². The Labute approximate surface area is 434 Å². The van der Waals surface area contributed by atoms with E-state index in [1.54, 1.807) is 35.2 Å². The van der Waals surface area contributed by atoms with Crippen molar-refractivity contribution >= 4 is 141 Å². The molecule has 8 rings (SSSR count). The van der Waals surface area contributed by atoms with E-state index in [-0.39, 0.29) is 9.79 Å². The summed E-state index contributed by atoms with van der Waals surface area (Å²) in [5.41, 5.74) is 4.05. The standard InChI is InChI=1S/2C18H18N4O3S3.C2H4O3.C2H4O2.2O3S/c2*1-3-21-13-7-5-6-8-15(13)26-17(21)19-20-18-22(4-2)14-10-9-12(28(23,24)25)11-16(14)27-18;1-2(3)5-4;1-2(3)4;2*1-4(2)3/h2*5-11H,3-4H2,1-2H3,(H,23,24,25);4H,1H3;1H3,(H,3,4);;/b2*19-17-,20-18-;;;;. The molecule has 0 fully saturated rings. The number of nitrogens with one attached hydrogen (secondary N) is 1. The summed E-state index contributed by atoms with van der Waals surface area (Å²) < 4.78 is 124. The summed E-state index contributed by atoms with van der Waals surface area (Å²) in [6.45, 7) is 13.3. The summed E-state index contributed by atoms with van der Waals surface area (Å²) in [6.07, 6.45) is 0. The van der Waals surface area contributed by atoms with Crippen molar-refractivity contribution in [1.82, 2.24) is 13.7 Å². The summed E-state index contributed by atoms with van der Waals surface area (Å²) in [5, 5.41) is 35.0. The highest BCUT2D eigenvalue weighted by Gasteiger charge is 2.31. The molecule has 7 aromatic rings. The largest absolute Gasteiger partial charge is 0.550 e. The first-order valence-electron chi connectivity index (χ1n) is 20.5. The van der Waals surface area contributed by atoms with Gasteiger partial charge in [0.1, 0.15) is 0 Å². The normalized spacial score (nSPS) is 14.0. The molecule has 0 saturated heterocycles. The number of carbonyl (C=O) groups is 2. The van der Waals surface area contributed by atoms with Gasteiger partial charge in [-0.3, -0.25) is 9.11 Å². The zero-order valence-electron chi connectivity index (χ0n) is 38.9. The molecule has 0 spiro atoms. The van der Waals surface area contributed by atoms with Gasteiger partial charge in [0.2, 0.25) is 14.4 Å². The summed E-state index contributed by atoms with van der Waals surface area (Å²) in [4.78, 5) is 25.6. The first kappa shape index (κ1) is 61.2. The number of para-hydroxylation sites is 2. The Bertz CT molecular complexity index is 3800. The fraction of sp³-hybridized carbons (Fsp3) is 0.250. The molecule has 25 nitrogen and oxygen atoms in total. The molecule has 1 atom stereocenters. The third kappa shape index (κ3) is 18.1. The van der Waals surface area contributed by atoms with Crippen LogP contribution in [0.5, 0.6) is 0 Å². The van der Waals surface area contributed by atoms with Crippen LogP contribution in [0.2, 0.25) is 0 Å². The lowest BCUT2D eigenvalue weighted by molar-refractivity contribution is -0.724. The second kappa shape index (κ2) is 28.4. The van der Waals surface area contributed by atoms with E-state index in [2.05, 4.69) is 68.0 Å². The van der Waals surface area contributed by atoms with Crippen LogP contribution in [0, 0.1) is 0 Å². The lowest BCUT2D eigenvalue weighted by Gasteiger charge is -2.08. The Morgan fingerprint density at radius 3 is 1.36 bits per heavy atom. The molecule has 0 amide bonds. The number of rotatable bonds is 8. The van der Waals surface area contributed by atoms with Gasteiger partial charge in [-0.05, 0) is 101 Å². The summed E-state index contributed by atoms with van der Waals surface area (Å²) in [5.74, 6) is -1.77. The van der Waals surface area contributed by atoms with E-state index in [1.807, 2.05) is 47.2 Å². The molecule has 4 aromatic carbocycles. The average Bonchev–Trinajstić information content (AvgIpc) is 4.07. The maximum atomic E-state index is 11.4. The van der Waals surface area contributed by atoms with Gasteiger partial charge in [0.25, 0.3) is 25.4 Å². The fourth-order valence-corrected chi connectivity index (χ4v) is 11.8. The minimum Gasteiger partial charge on any atom is -0.550 e. The predicted octanol–water partition coefficient (Wildman–Crippen LogP) is 2.68. The van der Waals surface area contributed by atoms with Crippen molar-refractivity contribution in [2.75, 3.05) is 6.54 Å². The number of aromatic nitrogens is 3. The molecule has 4 heterocycles. The molecule has 1 aliphatic rings. The summed E-state index contributed by atoms with van der Waals surface area (Å²) in [7, 11) is -14.7. The molecule has 3 aromatic heterocycles. The van der Waals surface area contributed by atoms with Crippen LogP contribution in [0.15, 0.2) is 120 Å². The molecule has 4 N–H and O–H groups in total. The number of quaternary nitrogens is 1. The van der Waals surface area contributed by atoms with Gasteiger partial charge >= 0.3 is 27.2 Å². The number of nitrogens with zero attached hydrogens (tertiary/aromatic N) is 7. The van der Waals surface area contributed by atoms with E-state index in [4.69, 9.17) is 40.4 Å². The number of fused-ring (bicyclic) bond motifs is 4. The quantitative estimate of drug-likeness (QED) is 0.0965. The molecule has 1 aliphatic heterocycles. The van der Waals surface area contributed by atoms with E-state index in [9.17, 15) is 30.7 Å². The zero-order chi connectivity index (χ0) is 54.8. The van der Waals surface area contributed by atoms with E-state index in [1.165, 1.54) is 62.4 Å². The van der Waals surface area contributed by atoms with Crippen molar-refractivity contribution in [2.24, 2.45) is 20.4 Å². The Hall–Kier alpha value is -6.11. The Morgan fingerprint density at radius 1 is 0.616 bits per heavy atom. The Morgan fingerprint density at radius 2 is 0.973 bits per heavy atom. The zero-order valence-corrected chi connectivity index (χ0v) is 45.4. The monoisotopic (exact) mass is 1160 g/mol. The molecule has 394 valence electrons. The lowest BCUT2D eigenvalue weighted by atomic mass is 10.3. The molecule has 1 unspecified atom stereocenters. The second-order valence-electron chi connectivity index (χ2n) is 13.7. The van der Waals surface area contributed by atoms with E-state index >= 15 is 0 Å². The SMILES string of the molecule is CC(=O)OO.CC(=O)[O-].CCn1/c(=N/N=C2\Sc3ccccc3[NH+]2CC)sc2cc(S(=O)(=O)O)ccc21.CCn1/c(=N/N=c2\sc3cc(S(=O)(=O)O)ccc3n2CC)sc2ccccc21.O=S(=O)=O.O=S(=O)=O. The fourth-order valence-electron chi connectivity index (χ4n) is 6.28. The number of benzene rings is 4. The number of aryl methyl sites for hydroxylation is 3. The van der Waals surface area contributed by atoms with Crippen LogP contribution in [-0.4, -0.2) is 93.8 Å². The first-order valence-corrected chi connectivity index (χ1v) is 28.6. The topological polar surface area (TPSA) is 366 Å². The number of carboxylic acids is 1. The van der Waals surface area contributed by atoms with Gasteiger partial charge in [-0.2, -0.15) is 22.1 Å². The summed E-state index contributed by atoms with van der Waals surface area (Å²) in [6, 6.07) is 25.5. The van der Waals surface area contributed by atoms with Gasteiger partial charge < -0.3 is 28.5 Å². The van der Waals surface area contributed by atoms with E-state index < -0.39 is 53.4 Å². The van der Waals surface area contributed by atoms with Crippen LogP contribution in [0.25, 0.3) is 30.6 Å². The highest BCUT2D eigenvalue weighted by molar-refractivity contribution is 8.13. The molecule has 0 aliphatic carbocycles. The molecule has 0 radical (unpaired) electrons. The number of thiazole rings is 3. The van der Waals surface area contributed by atoms with Crippen LogP contribution < -0.4 is 24.4 Å². The maximum absolute atomic E-state index is 11.4. The third-order valence-electron chi connectivity index (χ3n) is 9.05. The average molecular weight is 1170 g/mol. The second-order valence-corrected chi connectivity index (χ2v) is 21.4. The minimum absolute atomic E-state index is 0.120. The number of carboxylic acid groups (broad SMARTS) is 1. The number of hydrogen-bond donors (Lipinski definition) is 4. The number of carbonyl (C=O) groups excluding carboxylic acids is 2. The highest BCUT2D eigenvalue weighted by atomic mass is 32.2. The Kier molecular flexibility index (Phi) is 23.8. The van der Waals surface area contributed by atoms with Crippen molar-refractivity contribution in [3.05, 3.63) is 99.3 Å². The smallest absolute Gasteiger partial charge is 0.425 e. The van der Waals surface area contributed by atoms with Crippen LogP contribution >= 0.6 is 45.8 Å².